The summed E-state index contributed by atoms with van der Waals surface area (Å²) in [6, 6.07) is 10.8. The van der Waals surface area contributed by atoms with Gasteiger partial charge in [0.25, 0.3) is 0 Å². The second-order valence-corrected chi connectivity index (χ2v) is 6.79. The summed E-state index contributed by atoms with van der Waals surface area (Å²) in [5.74, 6) is 0.164. The van der Waals surface area contributed by atoms with Gasteiger partial charge in [0.15, 0.2) is 0 Å². The van der Waals surface area contributed by atoms with Gasteiger partial charge in [-0.15, -0.1) is 0 Å². The zero-order chi connectivity index (χ0) is 17.9. The number of rotatable bonds is 3. The zero-order valence-corrected chi connectivity index (χ0v) is 14.9. The van der Waals surface area contributed by atoms with E-state index in [0.717, 1.165) is 53.5 Å². The summed E-state index contributed by atoms with van der Waals surface area (Å²) >= 11 is 0. The number of hydrogen-bond donors (Lipinski definition) is 1. The van der Waals surface area contributed by atoms with Gasteiger partial charge in [0.2, 0.25) is 5.91 Å². The number of carbonyl (C=O) groups is 1. The summed E-state index contributed by atoms with van der Waals surface area (Å²) in [4.78, 5) is 22.0. The van der Waals surface area contributed by atoms with E-state index in [2.05, 4.69) is 33.5 Å². The number of nitrogens with one attached hydrogen (secondary N) is 1. The third-order valence-electron chi connectivity index (χ3n) is 5.05. The van der Waals surface area contributed by atoms with E-state index in [1.165, 1.54) is 0 Å². The van der Waals surface area contributed by atoms with Crippen LogP contribution in [0.4, 0.5) is 5.69 Å². The van der Waals surface area contributed by atoms with Crippen LogP contribution in [0.15, 0.2) is 55.1 Å². The number of anilines is 1. The monoisotopic (exact) mass is 346 g/mol. The molecule has 132 valence electrons. The van der Waals surface area contributed by atoms with Crippen LogP contribution in [0, 0.1) is 0 Å². The number of carbonyl (C=O) groups excluding carboxylic acids is 1. The van der Waals surface area contributed by atoms with Crippen molar-refractivity contribution >= 4 is 22.4 Å². The fourth-order valence-electron chi connectivity index (χ4n) is 3.58. The highest BCUT2D eigenvalue weighted by Gasteiger charge is 2.21. The minimum Gasteiger partial charge on any atom is -0.382 e. The maximum absolute atomic E-state index is 11.5. The van der Waals surface area contributed by atoms with Crippen molar-refractivity contribution in [2.45, 2.75) is 25.8 Å². The van der Waals surface area contributed by atoms with E-state index in [1.807, 2.05) is 35.6 Å². The van der Waals surface area contributed by atoms with Crippen molar-refractivity contribution in [2.75, 3.05) is 18.4 Å². The fraction of sp³-hybridized carbons (Fsp3) is 0.286. The topological polar surface area (TPSA) is 58.1 Å². The van der Waals surface area contributed by atoms with Gasteiger partial charge >= 0.3 is 0 Å². The van der Waals surface area contributed by atoms with E-state index in [-0.39, 0.29) is 5.91 Å². The Kier molecular flexibility index (Phi) is 4.52. The molecule has 1 aliphatic rings. The molecular formula is C21H22N4O. The molecule has 0 saturated carbocycles. The van der Waals surface area contributed by atoms with Crippen LogP contribution in [0.5, 0.6) is 0 Å². The molecule has 1 aliphatic heterocycles. The van der Waals surface area contributed by atoms with Gasteiger partial charge in [-0.2, -0.15) is 0 Å². The average molecular weight is 346 g/mol. The number of nitrogens with zero attached hydrogens (tertiary/aromatic N) is 3. The third-order valence-corrected chi connectivity index (χ3v) is 5.05. The maximum atomic E-state index is 11.5. The van der Waals surface area contributed by atoms with E-state index >= 15 is 0 Å². The maximum Gasteiger partial charge on any atom is 0.219 e. The third kappa shape index (κ3) is 3.38. The van der Waals surface area contributed by atoms with Crippen LogP contribution in [-0.2, 0) is 4.79 Å². The summed E-state index contributed by atoms with van der Waals surface area (Å²) < 4.78 is 0. The second-order valence-electron chi connectivity index (χ2n) is 6.79. The first kappa shape index (κ1) is 16.5. The van der Waals surface area contributed by atoms with E-state index < -0.39 is 0 Å². The first-order valence-corrected chi connectivity index (χ1v) is 9.01. The van der Waals surface area contributed by atoms with Crippen LogP contribution in [0.3, 0.4) is 0 Å². The largest absolute Gasteiger partial charge is 0.382 e. The first-order valence-electron chi connectivity index (χ1n) is 9.01. The number of pyridine rings is 2. The van der Waals surface area contributed by atoms with Crippen molar-refractivity contribution in [1.82, 2.24) is 14.9 Å². The molecule has 26 heavy (non-hydrogen) atoms. The number of piperidine rings is 1. The van der Waals surface area contributed by atoms with Crippen molar-refractivity contribution in [2.24, 2.45) is 0 Å². The molecule has 5 nitrogen and oxygen atoms in total. The lowest BCUT2D eigenvalue weighted by Gasteiger charge is -2.32. The Morgan fingerprint density at radius 1 is 1.08 bits per heavy atom. The van der Waals surface area contributed by atoms with E-state index in [0.29, 0.717) is 6.04 Å². The molecule has 3 heterocycles. The van der Waals surface area contributed by atoms with Crippen molar-refractivity contribution in [3.63, 3.8) is 0 Å². The van der Waals surface area contributed by atoms with Gasteiger partial charge in [-0.05, 0) is 48.1 Å². The number of benzene rings is 1. The molecule has 1 aromatic carbocycles. The first-order chi connectivity index (χ1) is 12.7. The molecular weight excluding hydrogens is 324 g/mol. The molecule has 0 spiro atoms. The minimum atomic E-state index is 0.164. The molecule has 4 rings (SSSR count). The van der Waals surface area contributed by atoms with Gasteiger partial charge in [0.05, 0.1) is 0 Å². The van der Waals surface area contributed by atoms with Crippen LogP contribution in [-0.4, -0.2) is 39.9 Å². The van der Waals surface area contributed by atoms with Crippen LogP contribution >= 0.6 is 0 Å². The Bertz CT molecular complexity index is 918. The highest BCUT2D eigenvalue weighted by Crippen LogP contribution is 2.31. The lowest BCUT2D eigenvalue weighted by atomic mass is 10.00. The van der Waals surface area contributed by atoms with Gasteiger partial charge in [0.1, 0.15) is 0 Å². The predicted octanol–water partition coefficient (Wildman–Crippen LogP) is 3.72. The lowest BCUT2D eigenvalue weighted by Crippen LogP contribution is -2.41. The number of hydrogen-bond acceptors (Lipinski definition) is 4. The smallest absolute Gasteiger partial charge is 0.219 e. The van der Waals surface area contributed by atoms with Crippen molar-refractivity contribution in [3.05, 3.63) is 55.1 Å². The molecule has 1 N–H and O–H groups in total. The molecule has 5 heteroatoms. The van der Waals surface area contributed by atoms with Crippen LogP contribution in [0.25, 0.3) is 21.9 Å². The van der Waals surface area contributed by atoms with Gasteiger partial charge in [-0.3, -0.25) is 14.8 Å². The molecule has 0 aliphatic carbocycles. The van der Waals surface area contributed by atoms with Crippen LogP contribution in [0.1, 0.15) is 19.8 Å². The molecule has 0 radical (unpaired) electrons. The summed E-state index contributed by atoms with van der Waals surface area (Å²) in [6.45, 7) is 3.27. The minimum absolute atomic E-state index is 0.164. The molecule has 2 aromatic heterocycles. The summed E-state index contributed by atoms with van der Waals surface area (Å²) in [7, 11) is 0. The Morgan fingerprint density at radius 2 is 1.88 bits per heavy atom. The van der Waals surface area contributed by atoms with E-state index in [9.17, 15) is 4.79 Å². The van der Waals surface area contributed by atoms with Crippen LogP contribution in [0.2, 0.25) is 0 Å². The average Bonchev–Trinajstić information content (AvgIpc) is 2.69. The number of fused-ring (bicyclic) bond motifs is 1. The predicted molar refractivity (Wildman–Crippen MR) is 104 cm³/mol. The normalized spacial score (nSPS) is 15.2. The number of likely N-dealkylation sites (tertiary alicyclic amines) is 1. The Balaban J connectivity index is 1.65. The highest BCUT2D eigenvalue weighted by molar-refractivity contribution is 5.97. The molecule has 3 aromatic rings. The standard InChI is InChI=1S/C21H22N4O/c1-15(26)25-9-5-19(6-10-25)24-21-12-18(17-3-2-7-22-13-17)11-16-4-8-23-14-20(16)21/h2-4,7-8,11-14,19,24H,5-6,9-10H2,1H3. The van der Waals surface area contributed by atoms with Crippen molar-refractivity contribution in [1.29, 1.82) is 0 Å². The van der Waals surface area contributed by atoms with Gasteiger partial charge in [0, 0.05) is 67.5 Å². The molecule has 1 saturated heterocycles. The Morgan fingerprint density at radius 3 is 2.62 bits per heavy atom. The SMILES string of the molecule is CC(=O)N1CCC(Nc2cc(-c3cccnc3)cc3ccncc23)CC1. The van der Waals surface area contributed by atoms with Gasteiger partial charge in [-0.25, -0.2) is 0 Å². The summed E-state index contributed by atoms with van der Waals surface area (Å²) in [5, 5.41) is 5.97. The Labute approximate surface area is 153 Å². The highest BCUT2D eigenvalue weighted by atomic mass is 16.2. The van der Waals surface area contributed by atoms with E-state index in [1.54, 1.807) is 13.1 Å². The quantitative estimate of drug-likeness (QED) is 0.785. The number of amides is 1. The second kappa shape index (κ2) is 7.12. The molecule has 1 fully saturated rings. The molecule has 1 amide bonds. The Hall–Kier alpha value is -2.95. The van der Waals surface area contributed by atoms with Crippen molar-refractivity contribution in [3.8, 4) is 11.1 Å². The van der Waals surface area contributed by atoms with Crippen molar-refractivity contribution < 1.29 is 4.79 Å². The van der Waals surface area contributed by atoms with Crippen LogP contribution < -0.4 is 5.32 Å². The summed E-state index contributed by atoms with van der Waals surface area (Å²) in [6.07, 6.45) is 9.32. The zero-order valence-electron chi connectivity index (χ0n) is 14.9. The lowest BCUT2D eigenvalue weighted by molar-refractivity contribution is -0.129. The molecule has 0 atom stereocenters. The molecule has 0 unspecified atom stereocenters. The summed E-state index contributed by atoms with van der Waals surface area (Å²) in [5.41, 5.74) is 3.33. The van der Waals surface area contributed by atoms with Gasteiger partial charge in [-0.1, -0.05) is 6.07 Å². The van der Waals surface area contributed by atoms with Gasteiger partial charge < -0.3 is 10.2 Å². The number of aromatic nitrogens is 2. The molecule has 0 bridgehead atoms. The fourth-order valence-corrected chi connectivity index (χ4v) is 3.58. The van der Waals surface area contributed by atoms with E-state index in [4.69, 9.17) is 0 Å².